The molecule has 28 heavy (non-hydrogen) atoms. The molecular formula is C21H39NO4Si2. The Morgan fingerprint density at radius 1 is 1.00 bits per heavy atom. The second kappa shape index (κ2) is 8.06. The fourth-order valence-electron chi connectivity index (χ4n) is 2.62. The van der Waals surface area contributed by atoms with Crippen LogP contribution in [0.1, 0.15) is 54.9 Å². The predicted molar refractivity (Wildman–Crippen MR) is 118 cm³/mol. The zero-order valence-corrected chi connectivity index (χ0v) is 21.6. The highest BCUT2D eigenvalue weighted by molar-refractivity contribution is 6.74. The van der Waals surface area contributed by atoms with Crippen LogP contribution in [-0.2, 0) is 18.4 Å². The van der Waals surface area contributed by atoms with Crippen molar-refractivity contribution in [3.8, 4) is 6.07 Å². The van der Waals surface area contributed by atoms with Gasteiger partial charge in [0.25, 0.3) is 0 Å². The van der Waals surface area contributed by atoms with E-state index < -0.39 is 34.3 Å². The van der Waals surface area contributed by atoms with E-state index in [1.807, 2.05) is 12.2 Å². The molecule has 0 aliphatic heterocycles. The number of ether oxygens (including phenoxy) is 1. The number of nitrogens with zero attached hydrogens (tertiary/aromatic N) is 1. The maximum absolute atomic E-state index is 11.9. The SMILES string of the molecule is CC(=O)O[C@]1(C#N)C[C@@H](O[Si](C)(C)C(C)(C)C)C=C[C@H]1O[Si](C)(C)C(C)(C)C. The van der Waals surface area contributed by atoms with Gasteiger partial charge >= 0.3 is 5.97 Å². The summed E-state index contributed by atoms with van der Waals surface area (Å²) in [6.45, 7) is 22.9. The first kappa shape index (κ1) is 25.1. The van der Waals surface area contributed by atoms with Crippen LogP contribution in [0.2, 0.25) is 36.3 Å². The van der Waals surface area contributed by atoms with E-state index in [0.29, 0.717) is 0 Å². The van der Waals surface area contributed by atoms with Gasteiger partial charge in [0.2, 0.25) is 5.60 Å². The summed E-state index contributed by atoms with van der Waals surface area (Å²) in [7, 11) is -4.21. The van der Waals surface area contributed by atoms with Gasteiger partial charge in [0.1, 0.15) is 12.2 Å². The maximum Gasteiger partial charge on any atom is 0.304 e. The minimum Gasteiger partial charge on any atom is -0.441 e. The minimum atomic E-state index is -2.17. The molecule has 3 atom stereocenters. The Kier molecular flexibility index (Phi) is 7.22. The summed E-state index contributed by atoms with van der Waals surface area (Å²) in [6, 6.07) is 2.27. The molecule has 0 spiro atoms. The van der Waals surface area contributed by atoms with Crippen LogP contribution >= 0.6 is 0 Å². The fourth-order valence-corrected chi connectivity index (χ4v) is 5.15. The van der Waals surface area contributed by atoms with Crippen molar-refractivity contribution < 1.29 is 18.4 Å². The van der Waals surface area contributed by atoms with E-state index in [1.165, 1.54) is 6.92 Å². The molecule has 7 heteroatoms. The monoisotopic (exact) mass is 425 g/mol. The molecule has 0 aromatic heterocycles. The molecular weight excluding hydrogens is 386 g/mol. The number of nitriles is 1. The third-order valence-corrected chi connectivity index (χ3v) is 15.4. The predicted octanol–water partition coefficient (Wildman–Crippen LogP) is 5.55. The molecule has 0 radical (unpaired) electrons. The quantitative estimate of drug-likeness (QED) is 0.328. The van der Waals surface area contributed by atoms with Gasteiger partial charge < -0.3 is 13.6 Å². The smallest absolute Gasteiger partial charge is 0.304 e. The molecule has 0 saturated carbocycles. The van der Waals surface area contributed by atoms with E-state index in [4.69, 9.17) is 13.6 Å². The summed E-state index contributed by atoms with van der Waals surface area (Å²) in [5.74, 6) is -0.480. The number of hydrogen-bond donors (Lipinski definition) is 0. The van der Waals surface area contributed by atoms with Gasteiger partial charge in [0, 0.05) is 13.3 Å². The first-order chi connectivity index (χ1) is 12.4. The summed E-state index contributed by atoms with van der Waals surface area (Å²) in [4.78, 5) is 11.9. The van der Waals surface area contributed by atoms with E-state index >= 15 is 0 Å². The normalized spacial score (nSPS) is 26.6. The van der Waals surface area contributed by atoms with Crippen molar-refractivity contribution in [3.05, 3.63) is 12.2 Å². The third kappa shape index (κ3) is 5.56. The summed E-state index contributed by atoms with van der Waals surface area (Å²) >= 11 is 0. The summed E-state index contributed by atoms with van der Waals surface area (Å²) in [6.07, 6.45) is 3.26. The molecule has 160 valence electrons. The van der Waals surface area contributed by atoms with Gasteiger partial charge in [-0.25, -0.2) is 0 Å². The summed E-state index contributed by atoms with van der Waals surface area (Å²) < 4.78 is 18.6. The van der Waals surface area contributed by atoms with Gasteiger partial charge in [0.05, 0.1) is 6.10 Å². The second-order valence-electron chi connectivity index (χ2n) is 10.9. The molecule has 1 rings (SSSR count). The topological polar surface area (TPSA) is 68.6 Å². The van der Waals surface area contributed by atoms with E-state index in [2.05, 4.69) is 73.8 Å². The molecule has 0 aromatic rings. The Morgan fingerprint density at radius 2 is 1.46 bits per heavy atom. The van der Waals surface area contributed by atoms with Crippen molar-refractivity contribution in [2.75, 3.05) is 0 Å². The van der Waals surface area contributed by atoms with Crippen LogP contribution in [0.3, 0.4) is 0 Å². The van der Waals surface area contributed by atoms with Gasteiger partial charge in [-0.1, -0.05) is 53.7 Å². The van der Waals surface area contributed by atoms with Gasteiger partial charge in [-0.2, -0.15) is 5.26 Å². The highest BCUT2D eigenvalue weighted by Crippen LogP contribution is 2.43. The molecule has 0 aromatic carbocycles. The highest BCUT2D eigenvalue weighted by atomic mass is 28.4. The average Bonchev–Trinajstić information content (AvgIpc) is 2.46. The van der Waals surface area contributed by atoms with Crippen molar-refractivity contribution in [2.24, 2.45) is 0 Å². The number of carbonyl (C=O) groups is 1. The standard InChI is InChI=1S/C21H39NO4Si2/c1-16(23)24-21(15-22)14-17(25-27(8,9)19(2,3)4)12-13-18(21)26-28(10,11)20(5,6)7/h12-13,17-18H,14H2,1-11H3/t17-,18+,21-/m0/s1. The lowest BCUT2D eigenvalue weighted by Gasteiger charge is -2.46. The number of hydrogen-bond acceptors (Lipinski definition) is 5. The number of rotatable bonds is 5. The molecule has 5 nitrogen and oxygen atoms in total. The number of carbonyl (C=O) groups excluding carboxylic acids is 1. The van der Waals surface area contributed by atoms with Crippen LogP contribution in [0.4, 0.5) is 0 Å². The average molecular weight is 426 g/mol. The Bertz CT molecular complexity index is 653. The molecule has 0 heterocycles. The largest absolute Gasteiger partial charge is 0.441 e. The van der Waals surface area contributed by atoms with Crippen molar-refractivity contribution >= 4 is 22.6 Å². The van der Waals surface area contributed by atoms with E-state index in [1.54, 1.807) is 0 Å². The lowest BCUT2D eigenvalue weighted by Crippen LogP contribution is -2.56. The van der Waals surface area contributed by atoms with Gasteiger partial charge in [-0.3, -0.25) is 4.79 Å². The van der Waals surface area contributed by atoms with Crippen LogP contribution in [0, 0.1) is 11.3 Å². The summed E-state index contributed by atoms with van der Waals surface area (Å²) in [5.41, 5.74) is -1.37. The molecule has 1 aliphatic rings. The molecule has 1 aliphatic carbocycles. The highest BCUT2D eigenvalue weighted by Gasteiger charge is 2.52. The van der Waals surface area contributed by atoms with Gasteiger partial charge in [0.15, 0.2) is 16.6 Å². The van der Waals surface area contributed by atoms with Crippen LogP contribution in [0.15, 0.2) is 12.2 Å². The van der Waals surface area contributed by atoms with Crippen LogP contribution in [0.25, 0.3) is 0 Å². The Hall–Kier alpha value is -0.946. The zero-order chi connectivity index (χ0) is 22.2. The lowest BCUT2D eigenvalue weighted by molar-refractivity contribution is -0.161. The first-order valence-electron chi connectivity index (χ1n) is 10.0. The Balaban J connectivity index is 3.27. The fraction of sp³-hybridized carbons (Fsp3) is 0.810. The van der Waals surface area contributed by atoms with Crippen molar-refractivity contribution in [1.29, 1.82) is 5.26 Å². The first-order valence-corrected chi connectivity index (χ1v) is 15.8. The van der Waals surface area contributed by atoms with E-state index in [-0.39, 0.29) is 22.6 Å². The van der Waals surface area contributed by atoms with Gasteiger partial charge in [-0.05, 0) is 36.3 Å². The number of esters is 1. The Morgan fingerprint density at radius 3 is 1.86 bits per heavy atom. The molecule has 0 unspecified atom stereocenters. The third-order valence-electron chi connectivity index (χ3n) is 6.46. The van der Waals surface area contributed by atoms with Gasteiger partial charge in [-0.15, -0.1) is 0 Å². The van der Waals surface area contributed by atoms with Crippen LogP contribution < -0.4 is 0 Å². The zero-order valence-electron chi connectivity index (χ0n) is 19.6. The summed E-state index contributed by atoms with van der Waals surface area (Å²) in [5, 5.41) is 10.1. The minimum absolute atomic E-state index is 0.0211. The Labute approximate surface area is 173 Å². The van der Waals surface area contributed by atoms with Crippen LogP contribution in [0.5, 0.6) is 0 Å². The van der Waals surface area contributed by atoms with E-state index in [9.17, 15) is 10.1 Å². The van der Waals surface area contributed by atoms with Crippen molar-refractivity contribution in [2.45, 2.75) is 109 Å². The molecule has 0 bridgehead atoms. The van der Waals surface area contributed by atoms with Crippen molar-refractivity contribution in [3.63, 3.8) is 0 Å². The molecule has 0 amide bonds. The van der Waals surface area contributed by atoms with E-state index in [0.717, 1.165) is 0 Å². The molecule has 0 saturated heterocycles. The second-order valence-corrected chi connectivity index (χ2v) is 20.4. The molecule has 0 fully saturated rings. The maximum atomic E-state index is 11.9. The lowest BCUT2D eigenvalue weighted by atomic mass is 9.86. The van der Waals surface area contributed by atoms with Crippen molar-refractivity contribution in [1.82, 2.24) is 0 Å². The van der Waals surface area contributed by atoms with Crippen LogP contribution in [-0.4, -0.2) is 40.4 Å². The molecule has 0 N–H and O–H groups in total.